The first kappa shape index (κ1) is 22.7. The summed E-state index contributed by atoms with van der Waals surface area (Å²) in [5.74, 6) is 0.117. The summed E-state index contributed by atoms with van der Waals surface area (Å²) in [4.78, 5) is 20.3. The first-order chi connectivity index (χ1) is 14.7. The van der Waals surface area contributed by atoms with Crippen molar-refractivity contribution in [1.82, 2.24) is 9.88 Å². The molecule has 0 radical (unpaired) electrons. The number of pyridine rings is 1. The van der Waals surface area contributed by atoms with Crippen molar-refractivity contribution in [1.29, 1.82) is 0 Å². The van der Waals surface area contributed by atoms with Gasteiger partial charge in [0.2, 0.25) is 5.91 Å². The van der Waals surface area contributed by atoms with E-state index < -0.39 is 0 Å². The molecular formula is C26H39N3O. The van der Waals surface area contributed by atoms with Crippen molar-refractivity contribution in [2.75, 3.05) is 25.0 Å². The molecule has 1 aromatic heterocycles. The molecule has 1 aliphatic rings. The number of para-hydroxylation sites is 1. The Morgan fingerprint density at radius 3 is 2.37 bits per heavy atom. The minimum Gasteiger partial charge on any atom is -0.324 e. The SMILES string of the molecule is CCCCCCN(CCCCCC)CC(=O)Nc1c2c(nc3ccccc13)CCC2. The number of rotatable bonds is 13. The Labute approximate surface area is 182 Å². The zero-order chi connectivity index (χ0) is 21.2. The number of benzene rings is 1. The van der Waals surface area contributed by atoms with Gasteiger partial charge in [-0.15, -0.1) is 0 Å². The van der Waals surface area contributed by atoms with Gasteiger partial charge in [0.25, 0.3) is 0 Å². The van der Waals surface area contributed by atoms with Crippen molar-refractivity contribution < 1.29 is 4.79 Å². The average molecular weight is 410 g/mol. The number of unbranched alkanes of at least 4 members (excludes halogenated alkanes) is 6. The van der Waals surface area contributed by atoms with Crippen LogP contribution in [0.4, 0.5) is 5.69 Å². The second-order valence-electron chi connectivity index (χ2n) is 8.73. The summed E-state index contributed by atoms with van der Waals surface area (Å²) in [6.45, 7) is 7.02. The summed E-state index contributed by atoms with van der Waals surface area (Å²) in [6, 6.07) is 8.20. The lowest BCUT2D eigenvalue weighted by Crippen LogP contribution is -2.35. The summed E-state index contributed by atoms with van der Waals surface area (Å²) < 4.78 is 0. The van der Waals surface area contributed by atoms with Crippen LogP contribution in [0.25, 0.3) is 10.9 Å². The lowest BCUT2D eigenvalue weighted by molar-refractivity contribution is -0.117. The molecule has 4 nitrogen and oxygen atoms in total. The van der Waals surface area contributed by atoms with Gasteiger partial charge in [-0.1, -0.05) is 70.6 Å². The molecular weight excluding hydrogens is 370 g/mol. The van der Waals surface area contributed by atoms with Crippen molar-refractivity contribution in [3.63, 3.8) is 0 Å². The Hall–Kier alpha value is -1.94. The Balaban J connectivity index is 1.67. The quantitative estimate of drug-likeness (QED) is 0.405. The van der Waals surface area contributed by atoms with Crippen LogP contribution in [0.15, 0.2) is 24.3 Å². The molecule has 30 heavy (non-hydrogen) atoms. The lowest BCUT2D eigenvalue weighted by Gasteiger charge is -2.22. The monoisotopic (exact) mass is 409 g/mol. The van der Waals surface area contributed by atoms with Crippen LogP contribution in [-0.4, -0.2) is 35.4 Å². The topological polar surface area (TPSA) is 45.2 Å². The van der Waals surface area contributed by atoms with Gasteiger partial charge in [0.1, 0.15) is 0 Å². The van der Waals surface area contributed by atoms with Crippen LogP contribution in [0.3, 0.4) is 0 Å². The maximum Gasteiger partial charge on any atom is 0.238 e. The Bertz CT molecular complexity index is 805. The molecule has 0 saturated carbocycles. The Morgan fingerprint density at radius 2 is 1.67 bits per heavy atom. The summed E-state index contributed by atoms with van der Waals surface area (Å²) in [7, 11) is 0. The van der Waals surface area contributed by atoms with E-state index in [-0.39, 0.29) is 5.91 Å². The zero-order valence-corrected chi connectivity index (χ0v) is 19.0. The first-order valence-electron chi connectivity index (χ1n) is 12.2. The molecule has 2 aromatic rings. The minimum atomic E-state index is 0.117. The molecule has 4 heteroatoms. The third-order valence-electron chi connectivity index (χ3n) is 6.21. The predicted octanol–water partition coefficient (Wildman–Crippen LogP) is 6.12. The number of hydrogen-bond acceptors (Lipinski definition) is 3. The van der Waals surface area contributed by atoms with Crippen molar-refractivity contribution in [2.45, 2.75) is 84.5 Å². The van der Waals surface area contributed by atoms with E-state index >= 15 is 0 Å². The van der Waals surface area contributed by atoms with Crippen molar-refractivity contribution in [3.8, 4) is 0 Å². The van der Waals surface area contributed by atoms with E-state index in [0.29, 0.717) is 6.54 Å². The number of fused-ring (bicyclic) bond motifs is 2. The van der Waals surface area contributed by atoms with Crippen LogP contribution in [0.1, 0.15) is 82.9 Å². The van der Waals surface area contributed by atoms with E-state index in [9.17, 15) is 4.79 Å². The second-order valence-corrected chi connectivity index (χ2v) is 8.73. The maximum absolute atomic E-state index is 13.1. The van der Waals surface area contributed by atoms with E-state index in [1.165, 1.54) is 62.6 Å². The normalized spacial score (nSPS) is 13.2. The van der Waals surface area contributed by atoms with E-state index in [0.717, 1.165) is 48.9 Å². The number of amides is 1. The number of aromatic nitrogens is 1. The van der Waals surface area contributed by atoms with Gasteiger partial charge in [0, 0.05) is 11.1 Å². The van der Waals surface area contributed by atoms with Gasteiger partial charge in [-0.05, 0) is 56.8 Å². The van der Waals surface area contributed by atoms with Crippen molar-refractivity contribution >= 4 is 22.5 Å². The van der Waals surface area contributed by atoms with E-state index in [1.54, 1.807) is 0 Å². The fourth-order valence-corrected chi connectivity index (χ4v) is 4.53. The molecule has 0 spiro atoms. The van der Waals surface area contributed by atoms with Crippen LogP contribution < -0.4 is 5.32 Å². The van der Waals surface area contributed by atoms with Crippen molar-refractivity contribution in [2.24, 2.45) is 0 Å². The largest absolute Gasteiger partial charge is 0.324 e. The van der Waals surface area contributed by atoms with Gasteiger partial charge in [0.05, 0.1) is 17.7 Å². The molecule has 1 aromatic carbocycles. The molecule has 0 aliphatic heterocycles. The van der Waals surface area contributed by atoms with Crippen molar-refractivity contribution in [3.05, 3.63) is 35.5 Å². The molecule has 0 saturated heterocycles. The second kappa shape index (κ2) is 12.0. The highest BCUT2D eigenvalue weighted by Crippen LogP contribution is 2.33. The van der Waals surface area contributed by atoms with Gasteiger partial charge >= 0.3 is 0 Å². The van der Waals surface area contributed by atoms with Crippen LogP contribution >= 0.6 is 0 Å². The van der Waals surface area contributed by atoms with Gasteiger partial charge in [-0.25, -0.2) is 0 Å². The number of aryl methyl sites for hydroxylation is 1. The molecule has 0 unspecified atom stereocenters. The summed E-state index contributed by atoms with van der Waals surface area (Å²) >= 11 is 0. The summed E-state index contributed by atoms with van der Waals surface area (Å²) in [5, 5.41) is 4.37. The number of nitrogens with one attached hydrogen (secondary N) is 1. The molecule has 1 N–H and O–H groups in total. The van der Waals surface area contributed by atoms with E-state index in [1.807, 2.05) is 12.1 Å². The van der Waals surface area contributed by atoms with Gasteiger partial charge < -0.3 is 5.32 Å². The van der Waals surface area contributed by atoms with Crippen LogP contribution in [0, 0.1) is 0 Å². The maximum atomic E-state index is 13.1. The number of anilines is 1. The summed E-state index contributed by atoms with van der Waals surface area (Å²) in [5.41, 5.74) is 4.42. The molecule has 1 aliphatic carbocycles. The van der Waals surface area contributed by atoms with E-state index in [2.05, 4.69) is 36.2 Å². The van der Waals surface area contributed by atoms with Crippen LogP contribution in [0.5, 0.6) is 0 Å². The smallest absolute Gasteiger partial charge is 0.238 e. The molecule has 164 valence electrons. The lowest BCUT2D eigenvalue weighted by atomic mass is 10.1. The van der Waals surface area contributed by atoms with Crippen LogP contribution in [-0.2, 0) is 17.6 Å². The first-order valence-corrected chi connectivity index (χ1v) is 12.2. The number of carbonyl (C=O) groups excluding carboxylic acids is 1. The molecule has 0 bridgehead atoms. The molecule has 1 amide bonds. The highest BCUT2D eigenvalue weighted by atomic mass is 16.2. The fraction of sp³-hybridized carbons (Fsp3) is 0.615. The molecule has 0 fully saturated rings. The fourth-order valence-electron chi connectivity index (χ4n) is 4.53. The number of nitrogens with zero attached hydrogens (tertiary/aromatic N) is 2. The van der Waals surface area contributed by atoms with E-state index in [4.69, 9.17) is 4.98 Å². The third-order valence-corrected chi connectivity index (χ3v) is 6.21. The number of carbonyl (C=O) groups is 1. The third kappa shape index (κ3) is 6.28. The Kier molecular flexibility index (Phi) is 9.13. The minimum absolute atomic E-state index is 0.117. The van der Waals surface area contributed by atoms with Crippen LogP contribution in [0.2, 0.25) is 0 Å². The molecule has 3 rings (SSSR count). The predicted molar refractivity (Wildman–Crippen MR) is 127 cm³/mol. The zero-order valence-electron chi connectivity index (χ0n) is 19.0. The highest BCUT2D eigenvalue weighted by molar-refractivity contribution is 6.03. The summed E-state index contributed by atoms with van der Waals surface area (Å²) in [6.07, 6.45) is 13.1. The molecule has 0 atom stereocenters. The molecule has 1 heterocycles. The average Bonchev–Trinajstić information content (AvgIpc) is 3.22. The van der Waals surface area contributed by atoms with Gasteiger partial charge in [-0.2, -0.15) is 0 Å². The Morgan fingerprint density at radius 1 is 0.967 bits per heavy atom. The highest BCUT2D eigenvalue weighted by Gasteiger charge is 2.21. The van der Waals surface area contributed by atoms with Gasteiger partial charge in [0.15, 0.2) is 0 Å². The number of hydrogen-bond donors (Lipinski definition) is 1. The van der Waals surface area contributed by atoms with Gasteiger partial charge in [-0.3, -0.25) is 14.7 Å². The standard InChI is InChI=1S/C26H39N3O/c1-3-5-7-11-18-29(19-12-8-6-4-2)20-25(30)28-26-21-14-9-10-16-23(21)27-24-17-13-15-22(24)26/h9-10,14,16H,3-8,11-13,15,17-20H2,1-2H3,(H,27,28,30).